The Morgan fingerprint density at radius 1 is 1.41 bits per heavy atom. The van der Waals surface area contributed by atoms with Crippen LogP contribution < -0.4 is 10.0 Å². The maximum atomic E-state index is 11.5. The van der Waals surface area contributed by atoms with Gasteiger partial charge in [0.2, 0.25) is 10.0 Å². The molecule has 1 rings (SSSR count). The molecular weight excluding hydrogens is 264 g/mol. The van der Waals surface area contributed by atoms with Crippen molar-refractivity contribution in [3.05, 3.63) is 28.8 Å². The summed E-state index contributed by atoms with van der Waals surface area (Å²) in [6.07, 6.45) is 1.03. The zero-order valence-electron chi connectivity index (χ0n) is 9.45. The SMILES string of the molecule is CCNC(=O)c1ccc(NS(C)(=O)=O)c(Cl)c1. The van der Waals surface area contributed by atoms with Crippen LogP contribution in [-0.4, -0.2) is 27.1 Å². The molecule has 0 radical (unpaired) electrons. The maximum absolute atomic E-state index is 11.5. The van der Waals surface area contributed by atoms with Gasteiger partial charge in [-0.2, -0.15) is 0 Å². The number of hydrogen-bond donors (Lipinski definition) is 2. The molecule has 0 fully saturated rings. The number of benzene rings is 1. The Bertz CT molecular complexity index is 528. The number of carbonyl (C=O) groups is 1. The van der Waals surface area contributed by atoms with Gasteiger partial charge in [-0.25, -0.2) is 8.42 Å². The molecule has 0 aliphatic rings. The Balaban J connectivity index is 2.98. The summed E-state index contributed by atoms with van der Waals surface area (Å²) in [4.78, 5) is 11.5. The van der Waals surface area contributed by atoms with E-state index in [1.807, 2.05) is 0 Å². The van der Waals surface area contributed by atoms with E-state index in [1.165, 1.54) is 18.2 Å². The molecule has 0 aliphatic carbocycles. The maximum Gasteiger partial charge on any atom is 0.251 e. The number of anilines is 1. The first-order valence-electron chi connectivity index (χ1n) is 4.89. The van der Waals surface area contributed by atoms with Gasteiger partial charge in [-0.15, -0.1) is 0 Å². The lowest BCUT2D eigenvalue weighted by Crippen LogP contribution is -2.22. The largest absolute Gasteiger partial charge is 0.352 e. The van der Waals surface area contributed by atoms with Crippen molar-refractivity contribution in [2.75, 3.05) is 17.5 Å². The van der Waals surface area contributed by atoms with Gasteiger partial charge in [-0.1, -0.05) is 11.6 Å². The molecule has 5 nitrogen and oxygen atoms in total. The van der Waals surface area contributed by atoms with E-state index >= 15 is 0 Å². The van der Waals surface area contributed by atoms with Gasteiger partial charge in [0.25, 0.3) is 5.91 Å². The second-order valence-corrected chi connectivity index (χ2v) is 5.58. The molecule has 7 heteroatoms. The van der Waals surface area contributed by atoms with Crippen LogP contribution in [0.2, 0.25) is 5.02 Å². The number of hydrogen-bond acceptors (Lipinski definition) is 3. The minimum Gasteiger partial charge on any atom is -0.352 e. The Labute approximate surface area is 105 Å². The van der Waals surface area contributed by atoms with Crippen LogP contribution in [0.1, 0.15) is 17.3 Å². The number of nitrogens with one attached hydrogen (secondary N) is 2. The van der Waals surface area contributed by atoms with Gasteiger partial charge in [0.15, 0.2) is 0 Å². The second-order valence-electron chi connectivity index (χ2n) is 3.43. The lowest BCUT2D eigenvalue weighted by Gasteiger charge is -2.08. The zero-order valence-corrected chi connectivity index (χ0v) is 11.0. The zero-order chi connectivity index (χ0) is 13.1. The summed E-state index contributed by atoms with van der Waals surface area (Å²) in [5.41, 5.74) is 0.637. The molecule has 0 unspecified atom stereocenters. The van der Waals surface area contributed by atoms with Crippen molar-refractivity contribution in [2.45, 2.75) is 6.92 Å². The molecule has 0 aromatic heterocycles. The summed E-state index contributed by atoms with van der Waals surface area (Å²) in [6, 6.07) is 4.37. The van der Waals surface area contributed by atoms with Crippen LogP contribution in [0.25, 0.3) is 0 Å². The smallest absolute Gasteiger partial charge is 0.251 e. The summed E-state index contributed by atoms with van der Waals surface area (Å²) in [7, 11) is -3.38. The van der Waals surface area contributed by atoms with Crippen molar-refractivity contribution >= 4 is 33.2 Å². The first-order chi connectivity index (χ1) is 7.83. The molecule has 0 bridgehead atoms. The average Bonchev–Trinajstić information content (AvgIpc) is 2.19. The third-order valence-corrected chi connectivity index (χ3v) is 2.77. The van der Waals surface area contributed by atoms with Crippen LogP contribution in [-0.2, 0) is 10.0 Å². The highest BCUT2D eigenvalue weighted by atomic mass is 35.5. The fraction of sp³-hybridized carbons (Fsp3) is 0.300. The topological polar surface area (TPSA) is 75.3 Å². The highest BCUT2D eigenvalue weighted by Gasteiger charge is 2.10. The van der Waals surface area contributed by atoms with E-state index in [4.69, 9.17) is 11.6 Å². The third kappa shape index (κ3) is 4.24. The van der Waals surface area contributed by atoms with Gasteiger partial charge in [-0.05, 0) is 25.1 Å². The van der Waals surface area contributed by atoms with Gasteiger partial charge < -0.3 is 5.32 Å². The minimum absolute atomic E-state index is 0.180. The van der Waals surface area contributed by atoms with Crippen LogP contribution in [0.4, 0.5) is 5.69 Å². The summed E-state index contributed by atoms with van der Waals surface area (Å²) in [6.45, 7) is 2.32. The number of rotatable bonds is 4. The van der Waals surface area contributed by atoms with E-state index in [-0.39, 0.29) is 16.6 Å². The van der Waals surface area contributed by atoms with Gasteiger partial charge in [-0.3, -0.25) is 9.52 Å². The van der Waals surface area contributed by atoms with Crippen LogP contribution in [0.5, 0.6) is 0 Å². The molecule has 0 heterocycles. The molecule has 1 aromatic rings. The first-order valence-corrected chi connectivity index (χ1v) is 7.16. The quantitative estimate of drug-likeness (QED) is 0.874. The number of sulfonamides is 1. The third-order valence-electron chi connectivity index (χ3n) is 1.86. The minimum atomic E-state index is -3.38. The number of halogens is 1. The highest BCUT2D eigenvalue weighted by Crippen LogP contribution is 2.23. The van der Waals surface area contributed by atoms with Crippen molar-refractivity contribution in [3.63, 3.8) is 0 Å². The van der Waals surface area contributed by atoms with E-state index in [9.17, 15) is 13.2 Å². The van der Waals surface area contributed by atoms with E-state index in [1.54, 1.807) is 6.92 Å². The van der Waals surface area contributed by atoms with E-state index < -0.39 is 10.0 Å². The Kier molecular flexibility index (Phi) is 4.36. The van der Waals surface area contributed by atoms with Crippen molar-refractivity contribution in [1.29, 1.82) is 0 Å². The molecular formula is C10H13ClN2O3S. The Hall–Kier alpha value is -1.27. The van der Waals surface area contributed by atoms with Gasteiger partial charge >= 0.3 is 0 Å². The van der Waals surface area contributed by atoms with Crippen molar-refractivity contribution in [1.82, 2.24) is 5.32 Å². The van der Waals surface area contributed by atoms with Crippen molar-refractivity contribution in [3.8, 4) is 0 Å². The predicted octanol–water partition coefficient (Wildman–Crippen LogP) is 1.46. The lowest BCUT2D eigenvalue weighted by atomic mass is 10.2. The molecule has 0 saturated heterocycles. The average molecular weight is 277 g/mol. The Morgan fingerprint density at radius 3 is 2.53 bits per heavy atom. The number of carbonyl (C=O) groups excluding carboxylic acids is 1. The van der Waals surface area contributed by atoms with Crippen LogP contribution in [0.3, 0.4) is 0 Å². The Morgan fingerprint density at radius 2 is 2.06 bits per heavy atom. The fourth-order valence-corrected chi connectivity index (χ4v) is 2.06. The normalized spacial score (nSPS) is 11.0. The molecule has 2 N–H and O–H groups in total. The predicted molar refractivity (Wildman–Crippen MR) is 67.9 cm³/mol. The lowest BCUT2D eigenvalue weighted by molar-refractivity contribution is 0.0956. The molecule has 0 spiro atoms. The van der Waals surface area contributed by atoms with Crippen molar-refractivity contribution in [2.24, 2.45) is 0 Å². The fourth-order valence-electron chi connectivity index (χ4n) is 1.20. The highest BCUT2D eigenvalue weighted by molar-refractivity contribution is 7.92. The molecule has 0 aliphatic heterocycles. The van der Waals surface area contributed by atoms with Gasteiger partial charge in [0.05, 0.1) is 17.0 Å². The van der Waals surface area contributed by atoms with Crippen LogP contribution >= 0.6 is 11.6 Å². The van der Waals surface area contributed by atoms with E-state index in [0.29, 0.717) is 12.1 Å². The monoisotopic (exact) mass is 276 g/mol. The van der Waals surface area contributed by atoms with Gasteiger partial charge in [0.1, 0.15) is 0 Å². The summed E-state index contributed by atoms with van der Waals surface area (Å²) < 4.78 is 24.3. The molecule has 1 aromatic carbocycles. The molecule has 1 amide bonds. The first kappa shape index (κ1) is 13.8. The van der Waals surface area contributed by atoms with Crippen LogP contribution in [0, 0.1) is 0 Å². The molecule has 17 heavy (non-hydrogen) atoms. The van der Waals surface area contributed by atoms with Crippen molar-refractivity contribution < 1.29 is 13.2 Å². The van der Waals surface area contributed by atoms with E-state index in [0.717, 1.165) is 6.26 Å². The molecule has 0 saturated carbocycles. The summed E-state index contributed by atoms with van der Waals surface area (Å²) >= 11 is 5.87. The summed E-state index contributed by atoms with van der Waals surface area (Å²) in [5, 5.41) is 2.80. The second kappa shape index (κ2) is 5.37. The van der Waals surface area contributed by atoms with Gasteiger partial charge in [0, 0.05) is 12.1 Å². The molecule has 94 valence electrons. The standard InChI is InChI=1S/C10H13ClN2O3S/c1-3-12-10(14)7-4-5-9(8(11)6-7)13-17(2,15)16/h4-6,13H,3H2,1-2H3,(H,12,14). The molecule has 0 atom stereocenters. The number of amides is 1. The van der Waals surface area contributed by atoms with E-state index in [2.05, 4.69) is 10.0 Å². The van der Waals surface area contributed by atoms with Crippen LogP contribution in [0.15, 0.2) is 18.2 Å². The summed E-state index contributed by atoms with van der Waals surface area (Å²) in [5.74, 6) is -0.250.